The molecular weight excluding hydrogens is 260 g/mol. The van der Waals surface area contributed by atoms with Crippen LogP contribution < -0.4 is 10.6 Å². The molecule has 0 saturated carbocycles. The van der Waals surface area contributed by atoms with Gasteiger partial charge in [-0.15, -0.1) is 0 Å². The number of thiophene rings is 1. The third kappa shape index (κ3) is 3.90. The van der Waals surface area contributed by atoms with Crippen LogP contribution in [-0.2, 0) is 0 Å². The van der Waals surface area contributed by atoms with Gasteiger partial charge in [0, 0.05) is 24.8 Å². The van der Waals surface area contributed by atoms with Gasteiger partial charge >= 0.3 is 0 Å². The predicted molar refractivity (Wildman–Crippen MR) is 78.7 cm³/mol. The van der Waals surface area contributed by atoms with Crippen molar-refractivity contribution in [1.82, 2.24) is 9.97 Å². The van der Waals surface area contributed by atoms with Gasteiger partial charge in [0.25, 0.3) is 0 Å². The number of anilines is 2. The summed E-state index contributed by atoms with van der Waals surface area (Å²) in [5.74, 6) is 1.33. The quantitative estimate of drug-likeness (QED) is 0.757. The predicted octanol–water partition coefficient (Wildman–Crippen LogP) is 2.42. The summed E-state index contributed by atoms with van der Waals surface area (Å²) in [5, 5.41) is 20.1. The van der Waals surface area contributed by atoms with Crippen molar-refractivity contribution in [2.75, 3.05) is 23.7 Å². The average molecular weight is 278 g/mol. The summed E-state index contributed by atoms with van der Waals surface area (Å²) in [6.45, 7) is 5.13. The Kier molecular flexibility index (Phi) is 4.70. The first-order valence-corrected chi connectivity index (χ1v) is 7.17. The first-order valence-electron chi connectivity index (χ1n) is 6.22. The second-order valence-electron chi connectivity index (χ2n) is 4.20. The van der Waals surface area contributed by atoms with Gasteiger partial charge < -0.3 is 15.7 Å². The number of aliphatic hydroxyl groups excluding tert-OH is 1. The van der Waals surface area contributed by atoms with Crippen molar-refractivity contribution in [2.24, 2.45) is 0 Å². The zero-order valence-electron chi connectivity index (χ0n) is 11.1. The van der Waals surface area contributed by atoms with Crippen LogP contribution in [0.2, 0.25) is 0 Å². The molecule has 2 heterocycles. The number of rotatable bonds is 6. The van der Waals surface area contributed by atoms with Gasteiger partial charge in [0.05, 0.1) is 6.10 Å². The molecule has 2 aromatic heterocycles. The Hall–Kier alpha value is -1.66. The molecule has 0 fully saturated rings. The minimum atomic E-state index is -0.524. The van der Waals surface area contributed by atoms with Crippen molar-refractivity contribution in [3.8, 4) is 0 Å². The summed E-state index contributed by atoms with van der Waals surface area (Å²) in [6, 6.07) is 3.79. The molecule has 0 aliphatic carbocycles. The molecule has 1 unspecified atom stereocenters. The fourth-order valence-corrected chi connectivity index (χ4v) is 2.39. The normalized spacial score (nSPS) is 12.2. The molecule has 5 nitrogen and oxygen atoms in total. The molecule has 102 valence electrons. The van der Waals surface area contributed by atoms with Crippen LogP contribution in [0.3, 0.4) is 0 Å². The number of nitrogens with zero attached hydrogens (tertiary/aromatic N) is 2. The van der Waals surface area contributed by atoms with Crippen LogP contribution in [0.4, 0.5) is 11.8 Å². The van der Waals surface area contributed by atoms with E-state index in [4.69, 9.17) is 0 Å². The minimum absolute atomic E-state index is 0.429. The van der Waals surface area contributed by atoms with Gasteiger partial charge in [-0.3, -0.25) is 0 Å². The van der Waals surface area contributed by atoms with Crippen molar-refractivity contribution in [3.05, 3.63) is 34.2 Å². The fraction of sp³-hybridized carbons (Fsp3) is 0.385. The summed E-state index contributed by atoms with van der Waals surface area (Å²) in [6.07, 6.45) is -0.524. The first kappa shape index (κ1) is 13.8. The van der Waals surface area contributed by atoms with Gasteiger partial charge in [0.2, 0.25) is 5.95 Å². The maximum Gasteiger partial charge on any atom is 0.224 e. The van der Waals surface area contributed by atoms with E-state index in [0.29, 0.717) is 12.5 Å². The maximum atomic E-state index is 10.00. The van der Waals surface area contributed by atoms with Crippen molar-refractivity contribution in [3.63, 3.8) is 0 Å². The molecule has 0 spiro atoms. The van der Waals surface area contributed by atoms with E-state index in [2.05, 4.69) is 20.6 Å². The summed E-state index contributed by atoms with van der Waals surface area (Å²) >= 11 is 1.58. The number of hydrogen-bond donors (Lipinski definition) is 3. The fourth-order valence-electron chi connectivity index (χ4n) is 1.68. The molecule has 19 heavy (non-hydrogen) atoms. The van der Waals surface area contributed by atoms with E-state index in [1.165, 1.54) is 0 Å². The van der Waals surface area contributed by atoms with Gasteiger partial charge in [0.1, 0.15) is 5.82 Å². The second kappa shape index (κ2) is 6.49. The van der Waals surface area contributed by atoms with Crippen LogP contribution in [0, 0.1) is 6.92 Å². The van der Waals surface area contributed by atoms with Crippen LogP contribution >= 0.6 is 11.3 Å². The minimum Gasteiger partial charge on any atom is -0.387 e. The molecule has 2 rings (SSSR count). The Balaban J connectivity index is 1.99. The van der Waals surface area contributed by atoms with E-state index in [-0.39, 0.29) is 0 Å². The number of nitrogens with one attached hydrogen (secondary N) is 2. The molecule has 0 aliphatic rings. The van der Waals surface area contributed by atoms with E-state index in [9.17, 15) is 5.11 Å². The zero-order valence-corrected chi connectivity index (χ0v) is 11.9. The smallest absolute Gasteiger partial charge is 0.224 e. The monoisotopic (exact) mass is 278 g/mol. The molecular formula is C13H18N4OS. The lowest BCUT2D eigenvalue weighted by molar-refractivity contribution is 0.192. The van der Waals surface area contributed by atoms with Gasteiger partial charge in [-0.05, 0) is 36.2 Å². The zero-order chi connectivity index (χ0) is 13.7. The number of aliphatic hydroxyl groups is 1. The highest BCUT2D eigenvalue weighted by atomic mass is 32.1. The summed E-state index contributed by atoms with van der Waals surface area (Å²) < 4.78 is 0. The number of aryl methyl sites for hydroxylation is 1. The molecule has 0 aromatic carbocycles. The van der Waals surface area contributed by atoms with Crippen molar-refractivity contribution in [1.29, 1.82) is 0 Å². The van der Waals surface area contributed by atoms with Gasteiger partial charge in [0.15, 0.2) is 0 Å². The second-order valence-corrected chi connectivity index (χ2v) is 4.98. The number of aromatic nitrogens is 2. The van der Waals surface area contributed by atoms with Gasteiger partial charge in [-0.1, -0.05) is 0 Å². The van der Waals surface area contributed by atoms with E-state index >= 15 is 0 Å². The lowest BCUT2D eigenvalue weighted by atomic mass is 10.2. The van der Waals surface area contributed by atoms with Crippen molar-refractivity contribution >= 4 is 23.1 Å². The molecule has 0 radical (unpaired) electrons. The van der Waals surface area contributed by atoms with Crippen molar-refractivity contribution in [2.45, 2.75) is 20.0 Å². The van der Waals surface area contributed by atoms with Crippen LogP contribution in [0.5, 0.6) is 0 Å². The molecule has 1 atom stereocenters. The van der Waals surface area contributed by atoms with Crippen molar-refractivity contribution < 1.29 is 5.11 Å². The highest BCUT2D eigenvalue weighted by Gasteiger charge is 2.08. The summed E-state index contributed by atoms with van der Waals surface area (Å²) in [7, 11) is 0. The lowest BCUT2D eigenvalue weighted by Gasteiger charge is -2.12. The number of hydrogen-bond acceptors (Lipinski definition) is 6. The third-order valence-electron chi connectivity index (χ3n) is 2.59. The molecule has 0 bridgehead atoms. The largest absolute Gasteiger partial charge is 0.387 e. The highest BCUT2D eigenvalue weighted by molar-refractivity contribution is 7.07. The Labute approximate surface area is 116 Å². The SMILES string of the molecule is CCNc1nc(C)cc(NCC(O)c2ccsc2)n1. The Morgan fingerprint density at radius 2 is 2.21 bits per heavy atom. The Bertz CT molecular complexity index is 515. The maximum absolute atomic E-state index is 10.00. The molecule has 0 amide bonds. The highest BCUT2D eigenvalue weighted by Crippen LogP contribution is 2.17. The van der Waals surface area contributed by atoms with Gasteiger partial charge in [-0.25, -0.2) is 4.98 Å². The molecule has 6 heteroatoms. The van der Waals surface area contributed by atoms with E-state index in [1.54, 1.807) is 11.3 Å². The average Bonchev–Trinajstić information content (AvgIpc) is 2.89. The standard InChI is InChI=1S/C13H18N4OS/c1-3-14-13-16-9(2)6-12(17-13)15-7-11(18)10-4-5-19-8-10/h4-6,8,11,18H,3,7H2,1-2H3,(H2,14,15,16,17). The Morgan fingerprint density at radius 1 is 1.37 bits per heavy atom. The van der Waals surface area contributed by atoms with E-state index < -0.39 is 6.10 Å². The van der Waals surface area contributed by atoms with Crippen LogP contribution in [0.15, 0.2) is 22.9 Å². The lowest BCUT2D eigenvalue weighted by Crippen LogP contribution is -2.13. The molecule has 2 aromatic rings. The molecule has 0 saturated heterocycles. The van der Waals surface area contributed by atoms with Gasteiger partial charge in [-0.2, -0.15) is 16.3 Å². The summed E-state index contributed by atoms with van der Waals surface area (Å²) in [4.78, 5) is 8.61. The first-order chi connectivity index (χ1) is 9.19. The van der Waals surface area contributed by atoms with Crippen LogP contribution in [0.1, 0.15) is 24.3 Å². The van der Waals surface area contributed by atoms with Crippen LogP contribution in [-0.4, -0.2) is 28.2 Å². The van der Waals surface area contributed by atoms with E-state index in [1.807, 2.05) is 36.7 Å². The van der Waals surface area contributed by atoms with Crippen LogP contribution in [0.25, 0.3) is 0 Å². The van der Waals surface area contributed by atoms with E-state index in [0.717, 1.165) is 23.6 Å². The Morgan fingerprint density at radius 3 is 2.89 bits per heavy atom. The molecule has 0 aliphatic heterocycles. The third-order valence-corrected chi connectivity index (χ3v) is 3.30. The topological polar surface area (TPSA) is 70.1 Å². The molecule has 3 N–H and O–H groups in total. The summed E-state index contributed by atoms with van der Waals surface area (Å²) in [5.41, 5.74) is 1.81.